The fourth-order valence-corrected chi connectivity index (χ4v) is 4.63. The summed E-state index contributed by atoms with van der Waals surface area (Å²) in [4.78, 5) is 24.2. The predicted molar refractivity (Wildman–Crippen MR) is 127 cm³/mol. The molecular formula is C28H23NO4. The summed E-state index contributed by atoms with van der Waals surface area (Å²) in [5, 5.41) is 14.2. The molecular weight excluding hydrogens is 414 g/mol. The lowest BCUT2D eigenvalue weighted by Crippen LogP contribution is -2.31. The van der Waals surface area contributed by atoms with Crippen LogP contribution in [-0.4, -0.2) is 23.8 Å². The van der Waals surface area contributed by atoms with E-state index in [4.69, 9.17) is 4.74 Å². The van der Waals surface area contributed by atoms with Crippen molar-refractivity contribution in [3.05, 3.63) is 108 Å². The second kappa shape index (κ2) is 8.79. The van der Waals surface area contributed by atoms with Crippen molar-refractivity contribution >= 4 is 22.8 Å². The topological polar surface area (TPSA) is 75.6 Å². The van der Waals surface area contributed by atoms with Crippen molar-refractivity contribution in [2.45, 2.75) is 18.4 Å². The van der Waals surface area contributed by atoms with E-state index >= 15 is 0 Å². The first-order valence-corrected chi connectivity index (χ1v) is 10.9. The van der Waals surface area contributed by atoms with E-state index in [2.05, 4.69) is 29.6 Å². The summed E-state index contributed by atoms with van der Waals surface area (Å²) in [7, 11) is 0. The molecule has 0 spiro atoms. The highest BCUT2D eigenvalue weighted by molar-refractivity contribution is 5.84. The number of ether oxygens (including phenoxy) is 1. The molecule has 0 saturated carbocycles. The van der Waals surface area contributed by atoms with E-state index in [-0.39, 0.29) is 18.9 Å². The number of carboxylic acids is 1. The Hall–Kier alpha value is -4.12. The molecule has 4 aromatic carbocycles. The van der Waals surface area contributed by atoms with Crippen molar-refractivity contribution in [1.82, 2.24) is 5.32 Å². The number of carboxylic acid groups (broad SMARTS) is 1. The molecule has 5 nitrogen and oxygen atoms in total. The highest BCUT2D eigenvalue weighted by Crippen LogP contribution is 2.44. The lowest BCUT2D eigenvalue weighted by Gasteiger charge is -2.19. The highest BCUT2D eigenvalue weighted by Gasteiger charge is 2.29. The lowest BCUT2D eigenvalue weighted by atomic mass is 9.98. The first-order chi connectivity index (χ1) is 16.1. The van der Waals surface area contributed by atoms with Crippen molar-refractivity contribution in [3.8, 4) is 11.1 Å². The molecule has 33 heavy (non-hydrogen) atoms. The zero-order valence-corrected chi connectivity index (χ0v) is 17.9. The predicted octanol–water partition coefficient (Wildman–Crippen LogP) is 5.89. The van der Waals surface area contributed by atoms with E-state index in [1.54, 1.807) is 0 Å². The van der Waals surface area contributed by atoms with Gasteiger partial charge in [0.15, 0.2) is 0 Å². The van der Waals surface area contributed by atoms with E-state index in [0.717, 1.165) is 38.6 Å². The Morgan fingerprint density at radius 3 is 2.09 bits per heavy atom. The van der Waals surface area contributed by atoms with Crippen LogP contribution in [0.25, 0.3) is 21.9 Å². The maximum Gasteiger partial charge on any atom is 0.407 e. The van der Waals surface area contributed by atoms with Gasteiger partial charge in [-0.1, -0.05) is 84.9 Å². The SMILES string of the molecule is O=C(O)C[C@H](NC(=O)OCC1c2ccccc2-c2ccccc21)c1ccc2ccccc2c1. The third-order valence-corrected chi connectivity index (χ3v) is 6.19. The summed E-state index contributed by atoms with van der Waals surface area (Å²) in [6, 6.07) is 29.1. The summed E-state index contributed by atoms with van der Waals surface area (Å²) in [5.41, 5.74) is 5.29. The van der Waals surface area contributed by atoms with Gasteiger partial charge in [0.2, 0.25) is 0 Å². The molecule has 0 unspecified atom stereocenters. The third-order valence-electron chi connectivity index (χ3n) is 6.19. The Kier molecular flexibility index (Phi) is 5.53. The van der Waals surface area contributed by atoms with Crippen molar-refractivity contribution in [1.29, 1.82) is 0 Å². The minimum atomic E-state index is -0.993. The van der Waals surface area contributed by atoms with Gasteiger partial charge in [0.05, 0.1) is 12.5 Å². The van der Waals surface area contributed by atoms with Gasteiger partial charge >= 0.3 is 12.1 Å². The van der Waals surface area contributed by atoms with Gasteiger partial charge in [-0.05, 0) is 44.7 Å². The summed E-state index contributed by atoms with van der Waals surface area (Å²) in [6.07, 6.45) is -0.862. The van der Waals surface area contributed by atoms with Gasteiger partial charge in [0, 0.05) is 5.92 Å². The van der Waals surface area contributed by atoms with Crippen LogP contribution in [0.5, 0.6) is 0 Å². The number of nitrogens with one attached hydrogen (secondary N) is 1. The molecule has 1 aliphatic rings. The average Bonchev–Trinajstić information content (AvgIpc) is 3.15. The Labute approximate surface area is 191 Å². The summed E-state index contributed by atoms with van der Waals surface area (Å²) < 4.78 is 5.62. The van der Waals surface area contributed by atoms with Crippen LogP contribution in [0.2, 0.25) is 0 Å². The van der Waals surface area contributed by atoms with Crippen molar-refractivity contribution in [2.24, 2.45) is 0 Å². The van der Waals surface area contributed by atoms with Crippen LogP contribution in [-0.2, 0) is 9.53 Å². The van der Waals surface area contributed by atoms with Crippen molar-refractivity contribution in [2.75, 3.05) is 6.61 Å². The first-order valence-electron chi connectivity index (χ1n) is 10.9. The minimum Gasteiger partial charge on any atom is -0.481 e. The third kappa shape index (κ3) is 4.17. The number of aliphatic carboxylic acids is 1. The molecule has 5 heteroatoms. The van der Waals surface area contributed by atoms with Crippen LogP contribution in [0, 0.1) is 0 Å². The Morgan fingerprint density at radius 2 is 1.42 bits per heavy atom. The van der Waals surface area contributed by atoms with E-state index in [1.807, 2.05) is 66.7 Å². The Bertz CT molecular complexity index is 1300. The van der Waals surface area contributed by atoms with Gasteiger partial charge in [-0.3, -0.25) is 4.79 Å². The molecule has 1 amide bonds. The van der Waals surface area contributed by atoms with Gasteiger partial charge < -0.3 is 15.2 Å². The van der Waals surface area contributed by atoms with Crippen molar-refractivity contribution < 1.29 is 19.4 Å². The molecule has 4 aromatic rings. The number of amides is 1. The number of carbonyl (C=O) groups excluding carboxylic acids is 1. The number of fused-ring (bicyclic) bond motifs is 4. The normalized spacial score (nSPS) is 13.2. The molecule has 0 aliphatic heterocycles. The first kappa shape index (κ1) is 20.8. The molecule has 5 rings (SSSR count). The van der Waals surface area contributed by atoms with Gasteiger partial charge in [-0.15, -0.1) is 0 Å². The highest BCUT2D eigenvalue weighted by atomic mass is 16.5. The molecule has 1 atom stereocenters. The molecule has 2 N–H and O–H groups in total. The fourth-order valence-electron chi connectivity index (χ4n) is 4.63. The second-order valence-electron chi connectivity index (χ2n) is 8.23. The molecule has 164 valence electrons. The smallest absolute Gasteiger partial charge is 0.407 e. The summed E-state index contributed by atoms with van der Waals surface area (Å²) >= 11 is 0. The number of benzene rings is 4. The monoisotopic (exact) mass is 437 g/mol. The van der Waals surface area contributed by atoms with E-state index in [0.29, 0.717) is 0 Å². The zero-order valence-electron chi connectivity index (χ0n) is 17.9. The second-order valence-corrected chi connectivity index (χ2v) is 8.23. The molecule has 1 aliphatic carbocycles. The zero-order chi connectivity index (χ0) is 22.8. The van der Waals surface area contributed by atoms with Crippen LogP contribution >= 0.6 is 0 Å². The number of rotatable bonds is 6. The molecule has 0 radical (unpaired) electrons. The Morgan fingerprint density at radius 1 is 0.818 bits per heavy atom. The quantitative estimate of drug-likeness (QED) is 0.394. The molecule has 0 aromatic heterocycles. The van der Waals surface area contributed by atoms with E-state index < -0.39 is 18.1 Å². The van der Waals surface area contributed by atoms with Gasteiger partial charge in [0.25, 0.3) is 0 Å². The van der Waals surface area contributed by atoms with E-state index in [1.165, 1.54) is 0 Å². The van der Waals surface area contributed by atoms with Gasteiger partial charge in [-0.25, -0.2) is 4.79 Å². The fraction of sp³-hybridized carbons (Fsp3) is 0.143. The number of carbonyl (C=O) groups is 2. The van der Waals surface area contributed by atoms with Crippen LogP contribution in [0.1, 0.15) is 35.1 Å². The standard InChI is InChI=1S/C28H23NO4/c30-27(31)16-26(20-14-13-18-7-1-2-8-19(18)15-20)29-28(32)33-17-25-23-11-5-3-9-21(23)22-10-4-6-12-24(22)25/h1-15,25-26H,16-17H2,(H,29,32)(H,30,31)/t26-/m0/s1. The van der Waals surface area contributed by atoms with E-state index in [9.17, 15) is 14.7 Å². The average molecular weight is 437 g/mol. The molecule has 0 heterocycles. The number of alkyl carbamates (subject to hydrolysis) is 1. The minimum absolute atomic E-state index is 0.0539. The summed E-state index contributed by atoms with van der Waals surface area (Å²) in [5.74, 6) is -1.05. The van der Waals surface area contributed by atoms with Gasteiger partial charge in [-0.2, -0.15) is 0 Å². The van der Waals surface area contributed by atoms with Crippen LogP contribution in [0.4, 0.5) is 4.79 Å². The van der Waals surface area contributed by atoms with Crippen molar-refractivity contribution in [3.63, 3.8) is 0 Å². The van der Waals surface area contributed by atoms with Crippen LogP contribution in [0.3, 0.4) is 0 Å². The maximum atomic E-state index is 12.7. The van der Waals surface area contributed by atoms with Gasteiger partial charge in [0.1, 0.15) is 6.61 Å². The molecule has 0 bridgehead atoms. The number of hydrogen-bond acceptors (Lipinski definition) is 3. The largest absolute Gasteiger partial charge is 0.481 e. The molecule has 0 fully saturated rings. The maximum absolute atomic E-state index is 12.7. The lowest BCUT2D eigenvalue weighted by molar-refractivity contribution is -0.137. The molecule has 0 saturated heterocycles. The van der Waals surface area contributed by atoms with Crippen LogP contribution < -0.4 is 5.32 Å². The van der Waals surface area contributed by atoms with Crippen LogP contribution in [0.15, 0.2) is 91.0 Å². The Balaban J connectivity index is 1.33. The number of hydrogen-bond donors (Lipinski definition) is 2. The summed E-state index contributed by atoms with van der Waals surface area (Å²) in [6.45, 7) is 0.178.